The van der Waals surface area contributed by atoms with E-state index in [1.165, 1.54) is 0 Å². The lowest BCUT2D eigenvalue weighted by molar-refractivity contribution is 0.189. The minimum absolute atomic E-state index is 0.00694. The molecule has 104 valence electrons. The van der Waals surface area contributed by atoms with Crippen molar-refractivity contribution in [2.24, 2.45) is 11.5 Å². The highest BCUT2D eigenvalue weighted by molar-refractivity contribution is 4.96. The quantitative estimate of drug-likeness (QED) is 0.671. The lowest BCUT2D eigenvalue weighted by Gasteiger charge is -2.42. The molecule has 0 amide bonds. The van der Waals surface area contributed by atoms with E-state index in [-0.39, 0.29) is 22.2 Å². The zero-order valence-electron chi connectivity index (χ0n) is 13.1. The largest absolute Gasteiger partial charge is 0.325 e. The van der Waals surface area contributed by atoms with E-state index in [1.54, 1.807) is 0 Å². The van der Waals surface area contributed by atoms with Crippen molar-refractivity contribution in [2.45, 2.75) is 90.4 Å². The van der Waals surface area contributed by atoms with E-state index in [2.05, 4.69) is 60.7 Å². The van der Waals surface area contributed by atoms with Gasteiger partial charge in [-0.2, -0.15) is 0 Å². The van der Waals surface area contributed by atoms with Crippen LogP contribution in [0.5, 0.6) is 0 Å². The van der Waals surface area contributed by atoms with Gasteiger partial charge in [0.25, 0.3) is 0 Å². The molecule has 0 aromatic rings. The van der Waals surface area contributed by atoms with E-state index in [1.807, 2.05) is 0 Å². The first kappa shape index (κ1) is 16.9. The van der Waals surface area contributed by atoms with Gasteiger partial charge >= 0.3 is 0 Å². The Morgan fingerprint density at radius 1 is 0.647 bits per heavy atom. The summed E-state index contributed by atoms with van der Waals surface area (Å²) >= 11 is 0. The van der Waals surface area contributed by atoms with Crippen LogP contribution in [0, 0.1) is 0 Å². The second-order valence-electron chi connectivity index (χ2n) is 8.22. The van der Waals surface area contributed by atoms with E-state index in [0.717, 1.165) is 12.8 Å². The molecule has 0 fully saturated rings. The molecule has 0 aromatic carbocycles. The third kappa shape index (κ3) is 9.57. The predicted molar refractivity (Wildman–Crippen MR) is 77.1 cm³/mol. The summed E-state index contributed by atoms with van der Waals surface area (Å²) in [5, 5.41) is 3.69. The highest BCUT2D eigenvalue weighted by atomic mass is 15.0. The highest BCUT2D eigenvalue weighted by Gasteiger charge is 2.33. The molecular weight excluding hydrogens is 210 g/mol. The molecule has 0 spiro atoms. The van der Waals surface area contributed by atoms with Crippen LogP contribution < -0.4 is 16.8 Å². The molecule has 0 aromatic heterocycles. The van der Waals surface area contributed by atoms with Crippen LogP contribution in [0.15, 0.2) is 0 Å². The number of nitrogens with two attached hydrogens (primary N) is 2. The Hall–Kier alpha value is -0.120. The van der Waals surface area contributed by atoms with Gasteiger partial charge < -0.3 is 16.8 Å². The van der Waals surface area contributed by atoms with Gasteiger partial charge in [0.1, 0.15) is 0 Å². The van der Waals surface area contributed by atoms with Gasteiger partial charge in [-0.15, -0.1) is 0 Å². The zero-order valence-corrected chi connectivity index (χ0v) is 13.1. The number of rotatable bonds is 6. The van der Waals surface area contributed by atoms with Crippen LogP contribution in [0.25, 0.3) is 0 Å². The summed E-state index contributed by atoms with van der Waals surface area (Å²) in [6.07, 6.45) is 1.85. The standard InChI is InChI=1S/C14H33N3/c1-11(2,15)9-13(5,6)17-14(7,8)10-12(3,4)16/h17H,9-10,15-16H2,1-8H3. The smallest absolute Gasteiger partial charge is 0.0147 e. The topological polar surface area (TPSA) is 64.1 Å². The fourth-order valence-electron chi connectivity index (χ4n) is 3.28. The van der Waals surface area contributed by atoms with Gasteiger partial charge in [-0.05, 0) is 68.2 Å². The maximum atomic E-state index is 6.10. The third-order valence-corrected chi connectivity index (χ3v) is 2.47. The highest BCUT2D eigenvalue weighted by Crippen LogP contribution is 2.25. The van der Waals surface area contributed by atoms with E-state index >= 15 is 0 Å². The normalized spacial score (nSPS) is 15.2. The minimum atomic E-state index is -0.162. The monoisotopic (exact) mass is 243 g/mol. The van der Waals surface area contributed by atoms with Gasteiger partial charge in [-0.1, -0.05) is 0 Å². The molecule has 0 unspecified atom stereocenters. The first-order chi connectivity index (χ1) is 7.12. The van der Waals surface area contributed by atoms with Crippen molar-refractivity contribution in [3.63, 3.8) is 0 Å². The van der Waals surface area contributed by atoms with Crippen LogP contribution in [-0.2, 0) is 0 Å². The Kier molecular flexibility index (Phi) is 4.83. The van der Waals surface area contributed by atoms with Crippen LogP contribution in [0.3, 0.4) is 0 Å². The molecule has 0 heterocycles. The van der Waals surface area contributed by atoms with Gasteiger partial charge in [-0.3, -0.25) is 0 Å². The Bertz CT molecular complexity index is 215. The van der Waals surface area contributed by atoms with Crippen LogP contribution in [0.1, 0.15) is 68.2 Å². The maximum Gasteiger partial charge on any atom is 0.0147 e. The molecule has 0 atom stereocenters. The molecule has 5 N–H and O–H groups in total. The summed E-state index contributed by atoms with van der Waals surface area (Å²) in [5.41, 5.74) is 11.9. The number of nitrogens with one attached hydrogen (secondary N) is 1. The fraction of sp³-hybridized carbons (Fsp3) is 1.00. The van der Waals surface area contributed by atoms with Crippen molar-refractivity contribution >= 4 is 0 Å². The van der Waals surface area contributed by atoms with E-state index in [4.69, 9.17) is 11.5 Å². The van der Waals surface area contributed by atoms with Crippen molar-refractivity contribution < 1.29 is 0 Å². The average molecular weight is 243 g/mol. The summed E-state index contributed by atoms with van der Waals surface area (Å²) in [5.74, 6) is 0. The zero-order chi connectivity index (χ0) is 14.1. The van der Waals surface area contributed by atoms with Gasteiger partial charge in [0.2, 0.25) is 0 Å². The molecule has 17 heavy (non-hydrogen) atoms. The number of hydrogen-bond donors (Lipinski definition) is 3. The van der Waals surface area contributed by atoms with Crippen LogP contribution >= 0.6 is 0 Å². The van der Waals surface area contributed by atoms with Crippen LogP contribution in [-0.4, -0.2) is 22.2 Å². The summed E-state index contributed by atoms with van der Waals surface area (Å²) in [7, 11) is 0. The molecule has 0 rings (SSSR count). The Morgan fingerprint density at radius 3 is 1.06 bits per heavy atom. The molecule has 0 saturated carbocycles. The van der Waals surface area contributed by atoms with Gasteiger partial charge in [0.05, 0.1) is 0 Å². The molecule has 0 aliphatic carbocycles. The molecule has 0 bridgehead atoms. The summed E-state index contributed by atoms with van der Waals surface area (Å²) in [6, 6.07) is 0. The minimum Gasteiger partial charge on any atom is -0.325 e. The summed E-state index contributed by atoms with van der Waals surface area (Å²) in [6.45, 7) is 17.1. The van der Waals surface area contributed by atoms with Crippen LogP contribution in [0.4, 0.5) is 0 Å². The second-order valence-corrected chi connectivity index (χ2v) is 8.22. The van der Waals surface area contributed by atoms with Crippen molar-refractivity contribution in [1.82, 2.24) is 5.32 Å². The molecule has 0 saturated heterocycles. The Labute approximate surface area is 108 Å². The average Bonchev–Trinajstić information content (AvgIpc) is 1.65. The van der Waals surface area contributed by atoms with E-state index in [9.17, 15) is 0 Å². The maximum absolute atomic E-state index is 6.10. The SMILES string of the molecule is CC(C)(N)CC(C)(C)NC(C)(C)CC(C)(C)N. The first-order valence-electron chi connectivity index (χ1n) is 6.49. The third-order valence-electron chi connectivity index (χ3n) is 2.47. The number of hydrogen-bond acceptors (Lipinski definition) is 3. The first-order valence-corrected chi connectivity index (χ1v) is 6.49. The van der Waals surface area contributed by atoms with E-state index in [0.29, 0.717) is 0 Å². The lowest BCUT2D eigenvalue weighted by atomic mass is 9.82. The summed E-state index contributed by atoms with van der Waals surface area (Å²) in [4.78, 5) is 0. The fourth-order valence-corrected chi connectivity index (χ4v) is 3.28. The van der Waals surface area contributed by atoms with Gasteiger partial charge in [0, 0.05) is 22.2 Å². The Balaban J connectivity index is 4.59. The van der Waals surface area contributed by atoms with Crippen molar-refractivity contribution in [3.8, 4) is 0 Å². The van der Waals surface area contributed by atoms with Crippen molar-refractivity contribution in [1.29, 1.82) is 0 Å². The lowest BCUT2D eigenvalue weighted by Crippen LogP contribution is -2.58. The van der Waals surface area contributed by atoms with Gasteiger partial charge in [-0.25, -0.2) is 0 Å². The predicted octanol–water partition coefficient (Wildman–Crippen LogP) is 2.39. The van der Waals surface area contributed by atoms with Crippen molar-refractivity contribution in [3.05, 3.63) is 0 Å². The molecule has 0 radical (unpaired) electrons. The molecule has 3 heteroatoms. The molecular formula is C14H33N3. The molecule has 0 aliphatic heterocycles. The Morgan fingerprint density at radius 2 is 0.882 bits per heavy atom. The van der Waals surface area contributed by atoms with E-state index < -0.39 is 0 Å². The second kappa shape index (κ2) is 4.87. The molecule has 0 aliphatic rings. The van der Waals surface area contributed by atoms with Crippen LogP contribution in [0.2, 0.25) is 0 Å². The molecule has 3 nitrogen and oxygen atoms in total. The summed E-state index contributed by atoms with van der Waals surface area (Å²) < 4.78 is 0. The van der Waals surface area contributed by atoms with Gasteiger partial charge in [0.15, 0.2) is 0 Å². The van der Waals surface area contributed by atoms with Crippen molar-refractivity contribution in [2.75, 3.05) is 0 Å².